The summed E-state index contributed by atoms with van der Waals surface area (Å²) in [5, 5.41) is -0.0411. The Balaban J connectivity index is 1.54. The molecular formula is C28H31NO3S. The normalized spacial score (nSPS) is 36.8. The third-order valence-corrected chi connectivity index (χ3v) is 11.0. The summed E-state index contributed by atoms with van der Waals surface area (Å²) in [5.74, 6) is 1.41. The van der Waals surface area contributed by atoms with E-state index >= 15 is 0 Å². The van der Waals surface area contributed by atoms with Crippen LogP contribution in [0.2, 0.25) is 0 Å². The lowest BCUT2D eigenvalue weighted by Crippen LogP contribution is -2.48. The SMILES string of the molecule is [C-]#[N+]C(=C1CC[C@H]2[C@@H]3CCC4=CC(=O)C=C[C@]4(C)[C@H]3CC[C@]12C)S(=O)(=O)c1ccc(C)cc1. The molecule has 1 aromatic carbocycles. The fraction of sp³-hybridized carbons (Fsp3) is 0.500. The van der Waals surface area contributed by atoms with Crippen molar-refractivity contribution < 1.29 is 13.2 Å². The molecule has 4 aliphatic carbocycles. The number of carbonyl (C=O) groups is 1. The second-order valence-corrected chi connectivity index (χ2v) is 12.7. The summed E-state index contributed by atoms with van der Waals surface area (Å²) in [6.07, 6.45) is 11.2. The number of carbonyl (C=O) groups excluding carboxylic acids is 1. The van der Waals surface area contributed by atoms with Crippen LogP contribution in [0.3, 0.4) is 0 Å². The quantitative estimate of drug-likeness (QED) is 0.492. The van der Waals surface area contributed by atoms with Crippen LogP contribution in [0.5, 0.6) is 0 Å². The Bertz CT molecular complexity index is 1260. The van der Waals surface area contributed by atoms with Crippen LogP contribution in [-0.2, 0) is 14.6 Å². The van der Waals surface area contributed by atoms with Crippen molar-refractivity contribution >= 4 is 15.6 Å². The number of nitrogens with zero attached hydrogens (tertiary/aromatic N) is 1. The van der Waals surface area contributed by atoms with E-state index in [1.807, 2.05) is 13.0 Å². The third kappa shape index (κ3) is 3.21. The zero-order chi connectivity index (χ0) is 23.6. The first-order chi connectivity index (χ1) is 15.6. The Hall–Kier alpha value is -2.45. The molecule has 1 aromatic rings. The molecule has 0 aromatic heterocycles. The highest BCUT2D eigenvalue weighted by Crippen LogP contribution is 2.66. The van der Waals surface area contributed by atoms with Crippen LogP contribution in [0.25, 0.3) is 4.85 Å². The first kappa shape index (κ1) is 22.3. The first-order valence-corrected chi connectivity index (χ1v) is 13.5. The monoisotopic (exact) mass is 461 g/mol. The lowest BCUT2D eigenvalue weighted by molar-refractivity contribution is -0.111. The molecule has 5 atom stereocenters. The average molecular weight is 462 g/mol. The average Bonchev–Trinajstić information content (AvgIpc) is 3.12. The Morgan fingerprint density at radius 1 is 1.06 bits per heavy atom. The minimum Gasteiger partial charge on any atom is -0.290 e. The summed E-state index contributed by atoms with van der Waals surface area (Å²) >= 11 is 0. The molecule has 5 heteroatoms. The Kier molecular flexibility index (Phi) is 5.10. The predicted octanol–water partition coefficient (Wildman–Crippen LogP) is 6.21. The Morgan fingerprint density at radius 2 is 1.79 bits per heavy atom. The van der Waals surface area contributed by atoms with Gasteiger partial charge in [-0.05, 0) is 98.5 Å². The van der Waals surface area contributed by atoms with Crippen LogP contribution < -0.4 is 0 Å². The Morgan fingerprint density at radius 3 is 2.48 bits per heavy atom. The second kappa shape index (κ2) is 7.53. The highest BCUT2D eigenvalue weighted by Gasteiger charge is 2.58. The minimum atomic E-state index is -3.84. The lowest BCUT2D eigenvalue weighted by Gasteiger charge is -2.56. The fourth-order valence-electron chi connectivity index (χ4n) is 7.48. The van der Waals surface area contributed by atoms with Gasteiger partial charge >= 0.3 is 0 Å². The number of benzene rings is 1. The van der Waals surface area contributed by atoms with Gasteiger partial charge in [0, 0.05) is 5.41 Å². The molecule has 0 heterocycles. The molecule has 0 spiro atoms. The van der Waals surface area contributed by atoms with Gasteiger partial charge in [-0.3, -0.25) is 4.79 Å². The van der Waals surface area contributed by atoms with Gasteiger partial charge in [0.25, 0.3) is 5.03 Å². The van der Waals surface area contributed by atoms with Gasteiger partial charge in [-0.2, -0.15) is 0 Å². The second-order valence-electron chi connectivity index (χ2n) is 10.8. The van der Waals surface area contributed by atoms with Gasteiger partial charge in [0.15, 0.2) is 5.78 Å². The maximum absolute atomic E-state index is 13.5. The van der Waals surface area contributed by atoms with Gasteiger partial charge in [-0.15, -0.1) is 0 Å². The molecule has 3 saturated carbocycles. The molecule has 4 nitrogen and oxygen atoms in total. The van der Waals surface area contributed by atoms with Crippen molar-refractivity contribution in [2.75, 3.05) is 0 Å². The number of sulfone groups is 1. The summed E-state index contributed by atoms with van der Waals surface area (Å²) in [6, 6.07) is 6.82. The van der Waals surface area contributed by atoms with Gasteiger partial charge in [0.1, 0.15) is 0 Å². The number of fused-ring (bicyclic) bond motifs is 5. The maximum Gasteiger partial charge on any atom is 0.282 e. The van der Waals surface area contributed by atoms with Crippen molar-refractivity contribution in [2.45, 2.75) is 64.2 Å². The molecule has 0 saturated heterocycles. The minimum absolute atomic E-state index is 0.0411. The molecule has 0 amide bonds. The van der Waals surface area contributed by atoms with E-state index in [1.165, 1.54) is 5.57 Å². The zero-order valence-electron chi connectivity index (χ0n) is 19.6. The summed E-state index contributed by atoms with van der Waals surface area (Å²) in [6.45, 7) is 14.3. The van der Waals surface area contributed by atoms with Crippen LogP contribution in [-0.4, -0.2) is 14.2 Å². The standard InChI is InChI=1S/C28H31NO3S/c1-18-5-8-21(9-6-18)33(31,32)26(29-4)25-12-11-23-22-10-7-19-17-20(30)13-15-27(19,2)24(22)14-16-28(23,25)3/h5-6,8-9,13,15,17,22-24H,7,10-12,14,16H2,1-3H3/t22-,23-,24-,27-,28-/m0/s1. The van der Waals surface area contributed by atoms with Crippen molar-refractivity contribution in [3.8, 4) is 0 Å². The molecule has 172 valence electrons. The molecular weight excluding hydrogens is 430 g/mol. The first-order valence-electron chi connectivity index (χ1n) is 12.0. The van der Waals surface area contributed by atoms with Gasteiger partial charge in [0.2, 0.25) is 9.84 Å². The van der Waals surface area contributed by atoms with Crippen molar-refractivity contribution in [1.29, 1.82) is 0 Å². The number of rotatable bonds is 2. The number of aryl methyl sites for hydroxylation is 1. The topological polar surface area (TPSA) is 55.6 Å². The van der Waals surface area contributed by atoms with Crippen molar-refractivity contribution in [3.05, 3.63) is 75.6 Å². The highest BCUT2D eigenvalue weighted by molar-refractivity contribution is 7.95. The van der Waals surface area contributed by atoms with Gasteiger partial charge in [-0.25, -0.2) is 13.3 Å². The summed E-state index contributed by atoms with van der Waals surface area (Å²) in [7, 11) is -3.84. The van der Waals surface area contributed by atoms with Gasteiger partial charge < -0.3 is 0 Å². The molecule has 33 heavy (non-hydrogen) atoms. The van der Waals surface area contributed by atoms with Crippen LogP contribution in [0.15, 0.2) is 63.6 Å². The van der Waals surface area contributed by atoms with E-state index in [0.29, 0.717) is 24.2 Å². The number of hydrogen-bond acceptors (Lipinski definition) is 3. The zero-order valence-corrected chi connectivity index (χ0v) is 20.4. The van der Waals surface area contributed by atoms with Crippen molar-refractivity contribution in [1.82, 2.24) is 0 Å². The van der Waals surface area contributed by atoms with Crippen molar-refractivity contribution in [2.24, 2.45) is 28.6 Å². The molecule has 0 bridgehead atoms. The molecule has 0 N–H and O–H groups in total. The van der Waals surface area contributed by atoms with E-state index < -0.39 is 9.84 Å². The lowest BCUT2D eigenvalue weighted by atomic mass is 9.48. The van der Waals surface area contributed by atoms with Crippen LogP contribution in [0.1, 0.15) is 57.9 Å². The summed E-state index contributed by atoms with van der Waals surface area (Å²) < 4.78 is 27.0. The highest BCUT2D eigenvalue weighted by atomic mass is 32.2. The fourth-order valence-corrected chi connectivity index (χ4v) is 8.98. The number of ketones is 1. The van der Waals surface area contributed by atoms with Gasteiger partial charge in [-0.1, -0.05) is 43.2 Å². The molecule has 4 aliphatic rings. The summed E-state index contributed by atoms with van der Waals surface area (Å²) in [5.41, 5.74) is 2.76. The van der Waals surface area contributed by atoms with Crippen LogP contribution in [0.4, 0.5) is 0 Å². The molecule has 5 rings (SSSR count). The maximum atomic E-state index is 13.5. The van der Waals surface area contributed by atoms with Crippen LogP contribution in [0, 0.1) is 42.1 Å². The number of hydrogen-bond donors (Lipinski definition) is 0. The predicted molar refractivity (Wildman–Crippen MR) is 129 cm³/mol. The molecule has 0 aliphatic heterocycles. The molecule has 3 fully saturated rings. The van der Waals surface area contributed by atoms with E-state index in [-0.39, 0.29) is 26.5 Å². The molecule has 0 unspecified atom stereocenters. The van der Waals surface area contributed by atoms with Gasteiger partial charge in [0.05, 0.1) is 11.5 Å². The van der Waals surface area contributed by atoms with E-state index in [4.69, 9.17) is 6.57 Å². The Labute approximate surface area is 197 Å². The summed E-state index contributed by atoms with van der Waals surface area (Å²) in [4.78, 5) is 15.8. The number of allylic oxidation sites excluding steroid dienone is 5. The largest absolute Gasteiger partial charge is 0.290 e. The molecule has 0 radical (unpaired) electrons. The van der Waals surface area contributed by atoms with E-state index in [1.54, 1.807) is 30.3 Å². The third-order valence-electron chi connectivity index (χ3n) is 9.29. The van der Waals surface area contributed by atoms with E-state index in [0.717, 1.165) is 43.2 Å². The van der Waals surface area contributed by atoms with Crippen LogP contribution >= 0.6 is 0 Å². The smallest absolute Gasteiger partial charge is 0.282 e. The van der Waals surface area contributed by atoms with E-state index in [2.05, 4.69) is 24.8 Å². The van der Waals surface area contributed by atoms with E-state index in [9.17, 15) is 13.2 Å². The van der Waals surface area contributed by atoms with Crippen molar-refractivity contribution in [3.63, 3.8) is 0 Å².